The van der Waals surface area contributed by atoms with E-state index >= 15 is 0 Å². The van der Waals surface area contributed by atoms with E-state index in [4.69, 9.17) is 9.47 Å². The Morgan fingerprint density at radius 1 is 0.774 bits per heavy atom. The minimum absolute atomic E-state index is 0.0630. The van der Waals surface area contributed by atoms with Gasteiger partial charge in [0.1, 0.15) is 29.2 Å². The van der Waals surface area contributed by atoms with Crippen molar-refractivity contribution < 1.29 is 31.8 Å². The highest BCUT2D eigenvalue weighted by Crippen LogP contribution is 2.28. The third-order valence-electron chi connectivity index (χ3n) is 3.95. The first kappa shape index (κ1) is 21.5. The van der Waals surface area contributed by atoms with Gasteiger partial charge in [0.25, 0.3) is 0 Å². The molecule has 0 aliphatic carbocycles. The average molecular weight is 424 g/mol. The van der Waals surface area contributed by atoms with Crippen LogP contribution in [-0.4, -0.2) is 5.97 Å². The second-order valence-corrected chi connectivity index (χ2v) is 6.01. The minimum atomic E-state index is -1.21. The van der Waals surface area contributed by atoms with Crippen LogP contribution in [0, 0.1) is 47.1 Å². The van der Waals surface area contributed by atoms with E-state index < -0.39 is 34.8 Å². The molecular formula is C24H12F4O3. The smallest absolute Gasteiger partial charge is 0.346 e. The Morgan fingerprint density at radius 2 is 1.52 bits per heavy atom. The number of esters is 1. The van der Waals surface area contributed by atoms with Crippen molar-refractivity contribution in [2.24, 2.45) is 0 Å². The topological polar surface area (TPSA) is 35.5 Å². The van der Waals surface area contributed by atoms with Crippen molar-refractivity contribution in [3.63, 3.8) is 0 Å². The zero-order valence-electron chi connectivity index (χ0n) is 15.9. The summed E-state index contributed by atoms with van der Waals surface area (Å²) in [6, 6.07) is 9.73. The highest BCUT2D eigenvalue weighted by atomic mass is 19.2. The lowest BCUT2D eigenvalue weighted by molar-refractivity contribution is 0.0729. The highest BCUT2D eigenvalue weighted by Gasteiger charge is 2.17. The molecule has 154 valence electrons. The number of benzene rings is 3. The summed E-state index contributed by atoms with van der Waals surface area (Å²) in [4.78, 5) is 12.1. The second kappa shape index (κ2) is 9.51. The van der Waals surface area contributed by atoms with Gasteiger partial charge in [-0.15, -0.1) is 0 Å². The Bertz CT molecular complexity index is 1280. The molecule has 0 heterocycles. The van der Waals surface area contributed by atoms with Crippen LogP contribution in [-0.2, 0) is 0 Å². The Hall–Kier alpha value is -4.23. The number of hydrogen-bond acceptors (Lipinski definition) is 3. The average Bonchev–Trinajstić information content (AvgIpc) is 2.74. The molecule has 0 radical (unpaired) electrons. The molecule has 0 amide bonds. The Balaban J connectivity index is 1.79. The van der Waals surface area contributed by atoms with Crippen molar-refractivity contribution in [2.45, 2.75) is 6.92 Å². The molecule has 0 fully saturated rings. The maximum absolute atomic E-state index is 14.5. The van der Waals surface area contributed by atoms with Gasteiger partial charge in [-0.25, -0.2) is 22.4 Å². The fourth-order valence-electron chi connectivity index (χ4n) is 2.52. The van der Waals surface area contributed by atoms with E-state index in [9.17, 15) is 22.4 Å². The quantitative estimate of drug-likeness (QED) is 0.240. The normalized spacial score (nSPS) is 9.71. The van der Waals surface area contributed by atoms with Gasteiger partial charge in [-0.2, -0.15) is 0 Å². The molecule has 7 heteroatoms. The minimum Gasteiger partial charge on any atom is -0.423 e. The third kappa shape index (κ3) is 5.23. The van der Waals surface area contributed by atoms with Gasteiger partial charge in [-0.3, -0.25) is 0 Å². The Morgan fingerprint density at radius 3 is 2.19 bits per heavy atom. The summed E-state index contributed by atoms with van der Waals surface area (Å²) < 4.78 is 65.0. The molecule has 0 aromatic heterocycles. The molecule has 3 rings (SSSR count). The van der Waals surface area contributed by atoms with Crippen molar-refractivity contribution in [3.8, 4) is 46.5 Å². The molecule has 3 nitrogen and oxygen atoms in total. The number of rotatable bonds is 4. The van der Waals surface area contributed by atoms with Crippen LogP contribution >= 0.6 is 0 Å². The van der Waals surface area contributed by atoms with Gasteiger partial charge in [-0.1, -0.05) is 12.0 Å². The van der Waals surface area contributed by atoms with Crippen molar-refractivity contribution in [2.75, 3.05) is 0 Å². The molecule has 3 aromatic carbocycles. The Kier molecular flexibility index (Phi) is 6.59. The lowest BCUT2D eigenvalue weighted by Crippen LogP contribution is -2.11. The Labute approximate surface area is 175 Å². The van der Waals surface area contributed by atoms with E-state index in [1.54, 1.807) is 6.92 Å². The first-order chi connectivity index (χ1) is 14.9. The molecule has 0 unspecified atom stereocenters. The third-order valence-corrected chi connectivity index (χ3v) is 3.95. The van der Waals surface area contributed by atoms with Gasteiger partial charge < -0.3 is 9.47 Å². The molecule has 0 saturated carbocycles. The molecule has 0 aliphatic rings. The van der Waals surface area contributed by atoms with E-state index in [0.29, 0.717) is 6.07 Å². The summed E-state index contributed by atoms with van der Waals surface area (Å²) in [6.45, 7) is 1.61. The summed E-state index contributed by atoms with van der Waals surface area (Å²) in [5.41, 5.74) is -0.233. The van der Waals surface area contributed by atoms with Crippen LogP contribution in [0.15, 0.2) is 54.6 Å². The standard InChI is InChI=1S/C24H12F4O3/c1-2-3-4-11-30-16-6-9-18(22(27)13-16)15-5-8-19(21(26)12-15)24(29)31-17-7-10-20(25)23(28)14-17/h5-10,12-14H,1H3. The molecule has 0 saturated heterocycles. The molecular weight excluding hydrogens is 412 g/mol. The van der Waals surface area contributed by atoms with Crippen molar-refractivity contribution in [1.82, 2.24) is 0 Å². The number of ether oxygens (including phenoxy) is 2. The predicted molar refractivity (Wildman–Crippen MR) is 105 cm³/mol. The maximum Gasteiger partial charge on any atom is 0.346 e. The highest BCUT2D eigenvalue weighted by molar-refractivity contribution is 5.92. The van der Waals surface area contributed by atoms with E-state index in [2.05, 4.69) is 23.9 Å². The van der Waals surface area contributed by atoms with Crippen LogP contribution in [0.2, 0.25) is 0 Å². The number of carbonyl (C=O) groups is 1. The van der Waals surface area contributed by atoms with Crippen LogP contribution in [0.3, 0.4) is 0 Å². The van der Waals surface area contributed by atoms with E-state index in [0.717, 1.165) is 30.3 Å². The van der Waals surface area contributed by atoms with Crippen molar-refractivity contribution >= 4 is 5.97 Å². The van der Waals surface area contributed by atoms with Gasteiger partial charge in [0.15, 0.2) is 11.6 Å². The van der Waals surface area contributed by atoms with Crippen LogP contribution in [0.4, 0.5) is 17.6 Å². The SMILES string of the molecule is CC#CC#COc1ccc(-c2ccc(C(=O)Oc3ccc(F)c(F)c3)c(F)c2)c(F)c1. The molecule has 0 bridgehead atoms. The summed E-state index contributed by atoms with van der Waals surface area (Å²) in [5.74, 6) is 2.15. The van der Waals surface area contributed by atoms with Crippen LogP contribution in [0.25, 0.3) is 11.1 Å². The largest absolute Gasteiger partial charge is 0.423 e. The zero-order valence-corrected chi connectivity index (χ0v) is 15.9. The number of halogens is 4. The molecule has 31 heavy (non-hydrogen) atoms. The molecule has 0 N–H and O–H groups in total. The van der Waals surface area contributed by atoms with Crippen LogP contribution < -0.4 is 9.47 Å². The van der Waals surface area contributed by atoms with E-state index in [-0.39, 0.29) is 22.6 Å². The van der Waals surface area contributed by atoms with Gasteiger partial charge in [-0.05, 0) is 54.8 Å². The van der Waals surface area contributed by atoms with Crippen LogP contribution in [0.1, 0.15) is 17.3 Å². The predicted octanol–water partition coefficient (Wildman–Crippen LogP) is 5.49. The number of carbonyl (C=O) groups excluding carboxylic acids is 1. The summed E-state index contributed by atoms with van der Waals surface area (Å²) in [6.07, 6.45) is 2.30. The summed E-state index contributed by atoms with van der Waals surface area (Å²) in [7, 11) is 0. The lowest BCUT2D eigenvalue weighted by Gasteiger charge is -2.09. The van der Waals surface area contributed by atoms with E-state index in [1.165, 1.54) is 18.2 Å². The van der Waals surface area contributed by atoms with Gasteiger partial charge >= 0.3 is 5.97 Å². The molecule has 0 spiro atoms. The zero-order chi connectivity index (χ0) is 22.4. The molecule has 0 atom stereocenters. The summed E-state index contributed by atoms with van der Waals surface area (Å²) in [5, 5.41) is 0. The number of hydrogen-bond donors (Lipinski definition) is 0. The second-order valence-electron chi connectivity index (χ2n) is 6.01. The van der Waals surface area contributed by atoms with Crippen molar-refractivity contribution in [3.05, 3.63) is 83.4 Å². The molecule has 3 aromatic rings. The van der Waals surface area contributed by atoms with Gasteiger partial charge in [0.2, 0.25) is 0 Å². The van der Waals surface area contributed by atoms with Gasteiger partial charge in [0, 0.05) is 23.6 Å². The monoisotopic (exact) mass is 424 g/mol. The maximum atomic E-state index is 14.5. The summed E-state index contributed by atoms with van der Waals surface area (Å²) >= 11 is 0. The van der Waals surface area contributed by atoms with E-state index in [1.807, 2.05) is 0 Å². The van der Waals surface area contributed by atoms with Crippen LogP contribution in [0.5, 0.6) is 11.5 Å². The molecule has 0 aliphatic heterocycles. The first-order valence-electron chi connectivity index (χ1n) is 8.74. The van der Waals surface area contributed by atoms with Gasteiger partial charge in [0.05, 0.1) is 5.56 Å². The first-order valence-corrected chi connectivity index (χ1v) is 8.74. The fourth-order valence-corrected chi connectivity index (χ4v) is 2.52. The fraction of sp³-hybridized carbons (Fsp3) is 0.0417. The van der Waals surface area contributed by atoms with Crippen molar-refractivity contribution in [1.29, 1.82) is 0 Å². The lowest BCUT2D eigenvalue weighted by atomic mass is 10.0.